The van der Waals surface area contributed by atoms with Crippen molar-refractivity contribution in [1.82, 2.24) is 0 Å². The first-order chi connectivity index (χ1) is 7.24. The van der Waals surface area contributed by atoms with Gasteiger partial charge < -0.3 is 9.53 Å². The predicted molar refractivity (Wildman–Crippen MR) is 54.9 cm³/mol. The Morgan fingerprint density at radius 2 is 2.20 bits per heavy atom. The molecule has 1 aromatic carbocycles. The molecule has 0 saturated heterocycles. The first kappa shape index (κ1) is 9.71. The van der Waals surface area contributed by atoms with Crippen LogP contribution in [0.25, 0.3) is 0 Å². The lowest BCUT2D eigenvalue weighted by Gasteiger charge is -2.31. The lowest BCUT2D eigenvalue weighted by molar-refractivity contribution is -0.126. The number of anilines is 1. The van der Waals surface area contributed by atoms with E-state index in [2.05, 4.69) is 0 Å². The van der Waals surface area contributed by atoms with Gasteiger partial charge in [0.05, 0.1) is 12.2 Å². The van der Waals surface area contributed by atoms with E-state index in [-0.39, 0.29) is 12.5 Å². The molecule has 0 radical (unpaired) electrons. The van der Waals surface area contributed by atoms with Crippen LogP contribution in [-0.2, 0) is 9.59 Å². The third-order valence-electron chi connectivity index (χ3n) is 2.33. The standard InChI is InChI=1S/C11H11NO3/c1-8-11(14)12(6-7-13)9-4-2-3-5-10(9)15-8/h2-5,7-8H,6H2,1H3. The van der Waals surface area contributed by atoms with Gasteiger partial charge in [-0.25, -0.2) is 0 Å². The summed E-state index contributed by atoms with van der Waals surface area (Å²) >= 11 is 0. The largest absolute Gasteiger partial charge is 0.479 e. The van der Waals surface area contributed by atoms with Gasteiger partial charge in [-0.1, -0.05) is 12.1 Å². The predicted octanol–water partition coefficient (Wildman–Crippen LogP) is 0.999. The summed E-state index contributed by atoms with van der Waals surface area (Å²) in [6.45, 7) is 1.75. The summed E-state index contributed by atoms with van der Waals surface area (Å²) in [6, 6.07) is 7.20. The van der Waals surface area contributed by atoms with Crippen molar-refractivity contribution in [2.24, 2.45) is 0 Å². The Morgan fingerprint density at radius 3 is 2.93 bits per heavy atom. The first-order valence-electron chi connectivity index (χ1n) is 4.74. The molecule has 0 N–H and O–H groups in total. The van der Waals surface area contributed by atoms with E-state index in [1.54, 1.807) is 19.1 Å². The highest BCUT2D eigenvalue weighted by atomic mass is 16.5. The smallest absolute Gasteiger partial charge is 0.268 e. The molecular formula is C11H11NO3. The van der Waals surface area contributed by atoms with E-state index in [1.165, 1.54) is 4.90 Å². The van der Waals surface area contributed by atoms with Gasteiger partial charge in [0.1, 0.15) is 12.0 Å². The van der Waals surface area contributed by atoms with Crippen LogP contribution in [0.4, 0.5) is 5.69 Å². The number of carbonyl (C=O) groups excluding carboxylic acids is 2. The molecule has 1 unspecified atom stereocenters. The Hall–Kier alpha value is -1.84. The quantitative estimate of drug-likeness (QED) is 0.677. The first-order valence-corrected chi connectivity index (χ1v) is 4.74. The van der Waals surface area contributed by atoms with Crippen molar-refractivity contribution in [3.05, 3.63) is 24.3 Å². The number of rotatable bonds is 2. The van der Waals surface area contributed by atoms with Crippen molar-refractivity contribution >= 4 is 17.9 Å². The number of aldehydes is 1. The third kappa shape index (κ3) is 1.58. The maximum atomic E-state index is 11.7. The molecule has 1 amide bonds. The number of amides is 1. The fraction of sp³-hybridized carbons (Fsp3) is 0.273. The van der Waals surface area contributed by atoms with Crippen molar-refractivity contribution in [3.8, 4) is 5.75 Å². The van der Waals surface area contributed by atoms with Gasteiger partial charge in [-0.3, -0.25) is 9.69 Å². The summed E-state index contributed by atoms with van der Waals surface area (Å²) in [7, 11) is 0. The van der Waals surface area contributed by atoms with Crippen LogP contribution >= 0.6 is 0 Å². The molecule has 0 bridgehead atoms. The van der Waals surface area contributed by atoms with Crippen LogP contribution in [-0.4, -0.2) is 24.8 Å². The van der Waals surface area contributed by atoms with Crippen LogP contribution < -0.4 is 9.64 Å². The molecule has 4 nitrogen and oxygen atoms in total. The molecular weight excluding hydrogens is 194 g/mol. The van der Waals surface area contributed by atoms with Crippen molar-refractivity contribution < 1.29 is 14.3 Å². The average molecular weight is 205 g/mol. The molecule has 0 saturated carbocycles. The highest BCUT2D eigenvalue weighted by molar-refractivity contribution is 6.01. The van der Waals surface area contributed by atoms with E-state index in [0.717, 1.165) is 0 Å². The fourth-order valence-electron chi connectivity index (χ4n) is 1.62. The van der Waals surface area contributed by atoms with E-state index < -0.39 is 6.10 Å². The molecule has 0 aromatic heterocycles. The molecule has 1 atom stereocenters. The van der Waals surface area contributed by atoms with Gasteiger partial charge in [-0.05, 0) is 19.1 Å². The second-order valence-corrected chi connectivity index (χ2v) is 3.34. The highest BCUT2D eigenvalue weighted by Crippen LogP contribution is 2.32. The van der Waals surface area contributed by atoms with Gasteiger partial charge in [-0.15, -0.1) is 0 Å². The zero-order valence-electron chi connectivity index (χ0n) is 8.34. The molecule has 0 fully saturated rings. The lowest BCUT2D eigenvalue weighted by atomic mass is 10.2. The Balaban J connectivity index is 2.44. The van der Waals surface area contributed by atoms with Crippen molar-refractivity contribution in [1.29, 1.82) is 0 Å². The highest BCUT2D eigenvalue weighted by Gasteiger charge is 2.30. The molecule has 1 aromatic rings. The Bertz CT molecular complexity index is 403. The van der Waals surface area contributed by atoms with Crippen molar-refractivity contribution in [3.63, 3.8) is 0 Å². The van der Waals surface area contributed by atoms with Gasteiger partial charge in [0.25, 0.3) is 5.91 Å². The Kier molecular flexibility index (Phi) is 2.41. The molecule has 15 heavy (non-hydrogen) atoms. The number of hydrogen-bond acceptors (Lipinski definition) is 3. The normalized spacial score (nSPS) is 19.4. The number of hydrogen-bond donors (Lipinski definition) is 0. The van der Waals surface area contributed by atoms with E-state index in [1.807, 2.05) is 12.1 Å². The minimum absolute atomic E-state index is 0.0730. The minimum atomic E-state index is -0.528. The van der Waals surface area contributed by atoms with Gasteiger partial charge >= 0.3 is 0 Å². The molecule has 1 aliphatic rings. The molecule has 0 spiro atoms. The Morgan fingerprint density at radius 1 is 1.47 bits per heavy atom. The van der Waals surface area contributed by atoms with Crippen LogP contribution in [0.2, 0.25) is 0 Å². The summed E-state index contributed by atoms with van der Waals surface area (Å²) in [5, 5.41) is 0. The fourth-order valence-corrected chi connectivity index (χ4v) is 1.62. The molecule has 2 rings (SSSR count). The van der Waals surface area contributed by atoms with Gasteiger partial charge in [-0.2, -0.15) is 0 Å². The number of para-hydroxylation sites is 2. The third-order valence-corrected chi connectivity index (χ3v) is 2.33. The van der Waals surface area contributed by atoms with Crippen LogP contribution in [0.15, 0.2) is 24.3 Å². The zero-order valence-corrected chi connectivity index (χ0v) is 8.34. The summed E-state index contributed by atoms with van der Waals surface area (Å²) in [6.07, 6.45) is 0.187. The average Bonchev–Trinajstić information content (AvgIpc) is 2.25. The summed E-state index contributed by atoms with van der Waals surface area (Å²) in [5.41, 5.74) is 0.660. The second-order valence-electron chi connectivity index (χ2n) is 3.34. The Labute approximate surface area is 87.4 Å². The summed E-state index contributed by atoms with van der Waals surface area (Å²) in [5.74, 6) is 0.465. The molecule has 78 valence electrons. The van der Waals surface area contributed by atoms with Gasteiger partial charge in [0, 0.05) is 0 Å². The number of ether oxygens (including phenoxy) is 1. The monoisotopic (exact) mass is 205 g/mol. The molecule has 4 heteroatoms. The van der Waals surface area contributed by atoms with Crippen LogP contribution in [0.3, 0.4) is 0 Å². The lowest BCUT2D eigenvalue weighted by Crippen LogP contribution is -2.45. The van der Waals surface area contributed by atoms with E-state index in [9.17, 15) is 9.59 Å². The summed E-state index contributed by atoms with van der Waals surface area (Å²) < 4.78 is 5.41. The number of nitrogens with zero attached hydrogens (tertiary/aromatic N) is 1. The topological polar surface area (TPSA) is 46.6 Å². The van der Waals surface area contributed by atoms with Crippen molar-refractivity contribution in [2.45, 2.75) is 13.0 Å². The van der Waals surface area contributed by atoms with E-state index in [0.29, 0.717) is 17.7 Å². The minimum Gasteiger partial charge on any atom is -0.479 e. The number of benzene rings is 1. The molecule has 0 aliphatic carbocycles. The number of carbonyl (C=O) groups is 2. The summed E-state index contributed by atoms with van der Waals surface area (Å²) in [4.78, 5) is 23.7. The van der Waals surface area contributed by atoms with Crippen LogP contribution in [0.1, 0.15) is 6.92 Å². The zero-order chi connectivity index (χ0) is 10.8. The van der Waals surface area contributed by atoms with Crippen LogP contribution in [0, 0.1) is 0 Å². The van der Waals surface area contributed by atoms with E-state index >= 15 is 0 Å². The van der Waals surface area contributed by atoms with Crippen LogP contribution in [0.5, 0.6) is 5.75 Å². The van der Waals surface area contributed by atoms with E-state index in [4.69, 9.17) is 4.74 Å². The van der Waals surface area contributed by atoms with Gasteiger partial charge in [0.15, 0.2) is 6.10 Å². The molecule has 1 aliphatic heterocycles. The second kappa shape index (κ2) is 3.73. The maximum absolute atomic E-state index is 11.7. The van der Waals surface area contributed by atoms with Gasteiger partial charge in [0.2, 0.25) is 0 Å². The number of fused-ring (bicyclic) bond motifs is 1. The maximum Gasteiger partial charge on any atom is 0.268 e. The SMILES string of the molecule is CC1Oc2ccccc2N(CC=O)C1=O. The molecule has 1 heterocycles. The van der Waals surface area contributed by atoms with Crippen molar-refractivity contribution in [2.75, 3.05) is 11.4 Å².